The van der Waals surface area contributed by atoms with Crippen molar-refractivity contribution in [2.45, 2.75) is 18.9 Å². The fourth-order valence-electron chi connectivity index (χ4n) is 0.732. The summed E-state index contributed by atoms with van der Waals surface area (Å²) >= 11 is 0. The van der Waals surface area contributed by atoms with Gasteiger partial charge in [0.1, 0.15) is 0 Å². The van der Waals surface area contributed by atoms with Crippen LogP contribution in [0.4, 0.5) is 0 Å². The minimum Gasteiger partial charge on any atom is -0.394 e. The topological polar surface area (TPSA) is 46.2 Å². The van der Waals surface area contributed by atoms with E-state index in [9.17, 15) is 0 Å². The summed E-state index contributed by atoms with van der Waals surface area (Å²) in [6.45, 7) is 2.20. The van der Waals surface area contributed by atoms with Crippen LogP contribution in [0.1, 0.15) is 13.3 Å². The highest BCUT2D eigenvalue weighted by Gasteiger charge is 2.46. The standard InChI is InChI=1S/C5H11NO/c1-4-2-5(4,6)3-7/h4,7H,2-3,6H2,1H3. The SMILES string of the molecule is CC1CC1(N)CO. The first-order chi connectivity index (χ1) is 3.19. The van der Waals surface area contributed by atoms with Gasteiger partial charge in [0.2, 0.25) is 0 Å². The Morgan fingerprint density at radius 1 is 2.00 bits per heavy atom. The van der Waals surface area contributed by atoms with E-state index >= 15 is 0 Å². The quantitative estimate of drug-likeness (QED) is 0.477. The van der Waals surface area contributed by atoms with Crippen LogP contribution < -0.4 is 5.73 Å². The fraction of sp³-hybridized carbons (Fsp3) is 1.00. The van der Waals surface area contributed by atoms with Crippen LogP contribution in [0, 0.1) is 5.92 Å². The maximum atomic E-state index is 8.51. The van der Waals surface area contributed by atoms with Gasteiger partial charge in [-0.1, -0.05) is 6.92 Å². The molecule has 1 rings (SSSR count). The molecule has 3 N–H and O–H groups in total. The van der Waals surface area contributed by atoms with Crippen LogP contribution in [-0.4, -0.2) is 17.3 Å². The molecule has 2 unspecified atom stereocenters. The minimum atomic E-state index is -0.194. The van der Waals surface area contributed by atoms with E-state index in [1.807, 2.05) is 0 Å². The Morgan fingerprint density at radius 3 is 2.43 bits per heavy atom. The molecule has 7 heavy (non-hydrogen) atoms. The molecule has 0 amide bonds. The molecule has 2 nitrogen and oxygen atoms in total. The average Bonchev–Trinajstić information content (AvgIpc) is 2.18. The van der Waals surface area contributed by atoms with Gasteiger partial charge in [-0.25, -0.2) is 0 Å². The van der Waals surface area contributed by atoms with Crippen molar-refractivity contribution >= 4 is 0 Å². The molecule has 0 bridgehead atoms. The molecule has 0 spiro atoms. The van der Waals surface area contributed by atoms with Crippen LogP contribution >= 0.6 is 0 Å². The van der Waals surface area contributed by atoms with Gasteiger partial charge in [-0.05, 0) is 12.3 Å². The fourth-order valence-corrected chi connectivity index (χ4v) is 0.732. The Kier molecular flexibility index (Phi) is 0.869. The van der Waals surface area contributed by atoms with Crippen molar-refractivity contribution in [2.24, 2.45) is 11.7 Å². The van der Waals surface area contributed by atoms with E-state index in [2.05, 4.69) is 6.92 Å². The summed E-state index contributed by atoms with van der Waals surface area (Å²) in [4.78, 5) is 0. The first kappa shape index (κ1) is 5.06. The molecule has 0 aromatic carbocycles. The van der Waals surface area contributed by atoms with Gasteiger partial charge in [-0.15, -0.1) is 0 Å². The molecule has 1 fully saturated rings. The van der Waals surface area contributed by atoms with Gasteiger partial charge in [0.05, 0.1) is 6.61 Å². The van der Waals surface area contributed by atoms with E-state index < -0.39 is 0 Å². The normalized spacial score (nSPS) is 49.3. The molecule has 0 aliphatic heterocycles. The zero-order valence-corrected chi connectivity index (χ0v) is 4.52. The Labute approximate surface area is 43.3 Å². The summed E-state index contributed by atoms with van der Waals surface area (Å²) in [5.74, 6) is 0.539. The zero-order valence-electron chi connectivity index (χ0n) is 4.52. The third-order valence-corrected chi connectivity index (χ3v) is 1.80. The molecule has 0 aromatic rings. The van der Waals surface area contributed by atoms with Crippen molar-refractivity contribution in [1.82, 2.24) is 0 Å². The maximum absolute atomic E-state index is 8.51. The smallest absolute Gasteiger partial charge is 0.0613 e. The van der Waals surface area contributed by atoms with Crippen LogP contribution in [-0.2, 0) is 0 Å². The number of rotatable bonds is 1. The average molecular weight is 101 g/mol. The van der Waals surface area contributed by atoms with Crippen LogP contribution in [0.25, 0.3) is 0 Å². The van der Waals surface area contributed by atoms with Crippen molar-refractivity contribution < 1.29 is 5.11 Å². The molecule has 2 atom stereocenters. The summed E-state index contributed by atoms with van der Waals surface area (Å²) in [5.41, 5.74) is 5.34. The third kappa shape index (κ3) is 0.640. The van der Waals surface area contributed by atoms with Crippen LogP contribution in [0.2, 0.25) is 0 Å². The molecule has 0 aromatic heterocycles. The minimum absolute atomic E-state index is 0.147. The van der Waals surface area contributed by atoms with Crippen molar-refractivity contribution in [3.63, 3.8) is 0 Å². The Morgan fingerprint density at radius 2 is 2.43 bits per heavy atom. The van der Waals surface area contributed by atoms with E-state index in [4.69, 9.17) is 10.8 Å². The summed E-state index contributed by atoms with van der Waals surface area (Å²) in [7, 11) is 0. The first-order valence-electron chi connectivity index (χ1n) is 2.59. The summed E-state index contributed by atoms with van der Waals surface area (Å²) in [5, 5.41) is 8.51. The maximum Gasteiger partial charge on any atom is 0.0613 e. The lowest BCUT2D eigenvalue weighted by atomic mass is 10.3. The van der Waals surface area contributed by atoms with Crippen molar-refractivity contribution in [2.75, 3.05) is 6.61 Å². The van der Waals surface area contributed by atoms with Gasteiger partial charge in [0.25, 0.3) is 0 Å². The monoisotopic (exact) mass is 101 g/mol. The van der Waals surface area contributed by atoms with E-state index in [0.717, 1.165) is 6.42 Å². The van der Waals surface area contributed by atoms with Gasteiger partial charge in [0, 0.05) is 5.54 Å². The lowest BCUT2D eigenvalue weighted by Gasteiger charge is -2.00. The molecule has 0 saturated heterocycles. The Hall–Kier alpha value is -0.0800. The molecular weight excluding hydrogens is 90.1 g/mol. The van der Waals surface area contributed by atoms with E-state index in [0.29, 0.717) is 5.92 Å². The van der Waals surface area contributed by atoms with Gasteiger partial charge >= 0.3 is 0 Å². The van der Waals surface area contributed by atoms with E-state index in [-0.39, 0.29) is 12.1 Å². The number of nitrogens with two attached hydrogens (primary N) is 1. The highest BCUT2D eigenvalue weighted by atomic mass is 16.3. The third-order valence-electron chi connectivity index (χ3n) is 1.80. The molecule has 1 aliphatic rings. The zero-order chi connectivity index (χ0) is 5.49. The first-order valence-corrected chi connectivity index (χ1v) is 2.59. The lowest BCUT2D eigenvalue weighted by Crippen LogP contribution is -2.28. The molecule has 0 radical (unpaired) electrons. The molecule has 2 heteroatoms. The number of hydrogen-bond donors (Lipinski definition) is 2. The van der Waals surface area contributed by atoms with Crippen molar-refractivity contribution in [3.8, 4) is 0 Å². The second-order valence-electron chi connectivity index (χ2n) is 2.50. The number of aliphatic hydroxyl groups excluding tert-OH is 1. The van der Waals surface area contributed by atoms with E-state index in [1.54, 1.807) is 0 Å². The second-order valence-corrected chi connectivity index (χ2v) is 2.50. The predicted octanol–water partition coefficient (Wildman–Crippen LogP) is -0.284. The van der Waals surface area contributed by atoms with Gasteiger partial charge in [-0.2, -0.15) is 0 Å². The molecular formula is C5H11NO. The van der Waals surface area contributed by atoms with Crippen LogP contribution in [0.5, 0.6) is 0 Å². The number of hydrogen-bond acceptors (Lipinski definition) is 2. The number of aliphatic hydroxyl groups is 1. The van der Waals surface area contributed by atoms with Crippen molar-refractivity contribution in [1.29, 1.82) is 0 Å². The second kappa shape index (κ2) is 1.20. The molecule has 42 valence electrons. The van der Waals surface area contributed by atoms with Gasteiger partial charge in [0.15, 0.2) is 0 Å². The Bertz CT molecular complexity index is 80.1. The molecule has 0 heterocycles. The van der Waals surface area contributed by atoms with Gasteiger partial charge < -0.3 is 10.8 Å². The highest BCUT2D eigenvalue weighted by Crippen LogP contribution is 2.39. The van der Waals surface area contributed by atoms with Crippen LogP contribution in [0.15, 0.2) is 0 Å². The van der Waals surface area contributed by atoms with Crippen LogP contribution in [0.3, 0.4) is 0 Å². The Balaban J connectivity index is 2.36. The predicted molar refractivity (Wildman–Crippen MR) is 27.8 cm³/mol. The van der Waals surface area contributed by atoms with Gasteiger partial charge in [-0.3, -0.25) is 0 Å². The molecule has 1 saturated carbocycles. The van der Waals surface area contributed by atoms with E-state index in [1.165, 1.54) is 0 Å². The summed E-state index contributed by atoms with van der Waals surface area (Å²) < 4.78 is 0. The largest absolute Gasteiger partial charge is 0.394 e. The summed E-state index contributed by atoms with van der Waals surface area (Å²) in [6, 6.07) is 0. The van der Waals surface area contributed by atoms with Crippen molar-refractivity contribution in [3.05, 3.63) is 0 Å². The molecule has 1 aliphatic carbocycles. The lowest BCUT2D eigenvalue weighted by molar-refractivity contribution is 0.249. The highest BCUT2D eigenvalue weighted by molar-refractivity contribution is 5.04. The summed E-state index contributed by atoms with van der Waals surface area (Å²) in [6.07, 6.45) is 0.990.